The number of carbonyl (C=O) groups excluding carboxylic acids is 4. The molecule has 4 rings (SSSR count). The van der Waals surface area contributed by atoms with Gasteiger partial charge in [0.2, 0.25) is 39.3 Å². The van der Waals surface area contributed by atoms with E-state index in [-0.39, 0.29) is 67.4 Å². The first kappa shape index (κ1) is 148. The number of sulfone groups is 4. The van der Waals surface area contributed by atoms with Crippen LogP contribution in [0.4, 0.5) is 0 Å². The molecule has 1 atom stereocenters. The number of methoxy groups -OCH3 is 2. The number of aryl methyl sites for hydroxylation is 2. The first-order valence-corrected chi connectivity index (χ1v) is 94.4. The largest absolute Gasteiger partial charge is 0.465 e. The molecule has 148 heavy (non-hydrogen) atoms. The van der Waals surface area contributed by atoms with E-state index in [0.717, 1.165) is 66.8 Å². The van der Waals surface area contributed by atoms with Crippen molar-refractivity contribution in [3.63, 3.8) is 0 Å². The lowest BCUT2D eigenvalue weighted by Crippen LogP contribution is -2.56. The molecule has 0 bridgehead atoms. The predicted molar refractivity (Wildman–Crippen MR) is 646 cm³/mol. The molecule has 0 radical (unpaired) electrons. The topological polar surface area (TPSA) is 338 Å². The van der Waals surface area contributed by atoms with Gasteiger partial charge in [-0.1, -0.05) is 108 Å². The van der Waals surface area contributed by atoms with Crippen molar-refractivity contribution in [3.8, 4) is 0 Å². The molecule has 0 N–H and O–H groups in total. The molecule has 46 heteroatoms. The maximum atomic E-state index is 13.1. The third-order valence-corrected chi connectivity index (χ3v) is 68.5. The molecule has 4 aromatic carbocycles. The predicted octanol–water partition coefficient (Wildman–Crippen LogP) is 24.9. The molecule has 1 unspecified atom stereocenters. The van der Waals surface area contributed by atoms with Gasteiger partial charge in [0.15, 0.2) is 86.2 Å². The third-order valence-electron chi connectivity index (χ3n) is 19.1. The molecule has 0 spiro atoms. The second-order valence-electron chi connectivity index (χ2n) is 44.0. The van der Waals surface area contributed by atoms with Gasteiger partial charge in [-0.2, -0.15) is 0 Å². The van der Waals surface area contributed by atoms with E-state index in [1.807, 2.05) is 61.6 Å². The molecule has 29 nitrogen and oxygen atoms in total. The summed E-state index contributed by atoms with van der Waals surface area (Å²) in [5, 5.41) is 0.890. The molecule has 0 amide bonds. The van der Waals surface area contributed by atoms with Gasteiger partial charge in [-0.05, 0) is 389 Å². The van der Waals surface area contributed by atoms with Gasteiger partial charge < -0.3 is 75.6 Å². The summed E-state index contributed by atoms with van der Waals surface area (Å²) in [7, 11) is -32.6. The van der Waals surface area contributed by atoms with Crippen LogP contribution in [0.25, 0.3) is 0 Å². The number of hydrogen-bond acceptors (Lipinski definition) is 29. The SMILES string of the molecule is C.C.C.C.C=C(CN(C)/C=C/C=C(\C(=O)OCC)S(=O)(=O)c1ccccc1)[Si](C)(O[Si](C)(C)C)O[Si](C)(C)C.CCOC(=O)/C(=C\C=C\N(C)CCC[Si](C)(O[Si](C)(C)C)O[Si](C)(C)C)S(=O)(=O)c1ccccc1.COC(=O)/C(=C\C=C\N(C)CCC[Si](C)(O[Si](C)(C)C)O[Si](C)(C)C)S(=O)(=O)c1ccc(C)cc1.COC(=O)/C(=C\C=C\N(C)CCC[Si](C)(O[Si](C)(C)C)O[Si](C)(C)O[Si](C)(C)C)S(=O)(=O)c1ccc(C)cc1. The first-order chi connectivity index (χ1) is 65.4. The van der Waals surface area contributed by atoms with Crippen LogP contribution in [0.15, 0.2) is 234 Å². The fraction of sp³-hybridized carbons (Fsp3) is 0.549. The van der Waals surface area contributed by atoms with Crippen LogP contribution >= 0.6 is 0 Å². The van der Waals surface area contributed by atoms with Crippen LogP contribution in [0.1, 0.15) is 73.9 Å². The van der Waals surface area contributed by atoms with Crippen molar-refractivity contribution in [2.45, 2.75) is 311 Å². The minimum Gasteiger partial charge on any atom is -0.465 e. The Morgan fingerprint density at radius 3 is 0.743 bits per heavy atom. The number of esters is 4. The van der Waals surface area contributed by atoms with Crippen molar-refractivity contribution in [2.24, 2.45) is 0 Å². The molecular formula is C102H192N4O25S4Si13. The number of carbonyl (C=O) groups is 4. The lowest BCUT2D eigenvalue weighted by molar-refractivity contribution is -0.138. The normalized spacial score (nSPS) is 13.8. The van der Waals surface area contributed by atoms with Crippen molar-refractivity contribution in [1.29, 1.82) is 0 Å². The quantitative estimate of drug-likeness (QED) is 0.0130. The number of allylic oxidation sites excluding steroid dienone is 8. The van der Waals surface area contributed by atoms with E-state index in [4.69, 9.17) is 56.0 Å². The summed E-state index contributed by atoms with van der Waals surface area (Å²) in [6, 6.07) is 31.0. The second-order valence-corrected chi connectivity index (χ2v) is 107. The van der Waals surface area contributed by atoms with E-state index in [1.165, 1.54) is 93.1 Å². The van der Waals surface area contributed by atoms with Gasteiger partial charge in [0, 0.05) is 54.4 Å². The van der Waals surface area contributed by atoms with Crippen molar-refractivity contribution in [1.82, 2.24) is 19.6 Å². The monoisotopic (exact) mass is 2360 g/mol. The Hall–Kier alpha value is -6.12. The van der Waals surface area contributed by atoms with Crippen LogP contribution in [0.3, 0.4) is 0 Å². The lowest BCUT2D eigenvalue weighted by Gasteiger charge is -2.41. The van der Waals surface area contributed by atoms with E-state index >= 15 is 0 Å². The Morgan fingerprint density at radius 2 is 0.520 bits per heavy atom. The van der Waals surface area contributed by atoms with E-state index in [9.17, 15) is 52.8 Å². The fourth-order valence-electron chi connectivity index (χ4n) is 14.8. The third kappa shape index (κ3) is 59.5. The Kier molecular flexibility index (Phi) is 63.8. The van der Waals surface area contributed by atoms with Gasteiger partial charge in [0.1, 0.15) is 0 Å². The second kappa shape index (κ2) is 63.8. The van der Waals surface area contributed by atoms with Crippen LogP contribution in [0.5, 0.6) is 0 Å². The van der Waals surface area contributed by atoms with Gasteiger partial charge in [-0.15, -0.1) is 0 Å². The zero-order valence-electron chi connectivity index (χ0n) is 94.1. The zero-order valence-corrected chi connectivity index (χ0v) is 110. The van der Waals surface area contributed by atoms with Crippen molar-refractivity contribution >= 4 is 173 Å². The summed E-state index contributed by atoms with van der Waals surface area (Å²) in [6.45, 7) is 79.1. The molecule has 0 saturated carbocycles. The summed E-state index contributed by atoms with van der Waals surface area (Å²) < 4.78 is 183. The molecule has 0 fully saturated rings. The molecule has 0 saturated heterocycles. The summed E-state index contributed by atoms with van der Waals surface area (Å²) in [6.07, 6.45) is 20.9. The highest BCUT2D eigenvalue weighted by Crippen LogP contribution is 2.34. The van der Waals surface area contributed by atoms with Crippen molar-refractivity contribution < 1.29 is 109 Å². The summed E-state index contributed by atoms with van der Waals surface area (Å²) in [5.74, 6) is -3.55. The van der Waals surface area contributed by atoms with E-state index in [1.54, 1.807) is 118 Å². The fourth-order valence-corrected chi connectivity index (χ4v) is 74.6. The minimum atomic E-state index is -4.03. The van der Waals surface area contributed by atoms with Crippen LogP contribution in [-0.2, 0) is 115 Å². The molecular weight excluding hydrogens is 2170 g/mol. The molecule has 0 aliphatic heterocycles. The van der Waals surface area contributed by atoms with E-state index in [0.29, 0.717) is 13.1 Å². The highest BCUT2D eigenvalue weighted by atomic mass is 32.2. The first-order valence-electron chi connectivity index (χ1n) is 48.5. The molecule has 0 aliphatic rings. The van der Waals surface area contributed by atoms with Crippen LogP contribution in [-0.4, -0.2) is 268 Å². The summed E-state index contributed by atoms with van der Waals surface area (Å²) >= 11 is 0. The smallest absolute Gasteiger partial charge is 0.350 e. The molecule has 0 aliphatic carbocycles. The average molecular weight is 2370 g/mol. The number of hydrogen-bond donors (Lipinski definition) is 0. The number of benzene rings is 4. The molecule has 4 aromatic rings. The molecule has 846 valence electrons. The molecule has 0 heterocycles. The maximum Gasteiger partial charge on any atom is 0.350 e. The number of likely N-dealkylation sites (N-methyl/N-ethyl adjacent to an activating group) is 1. The van der Waals surface area contributed by atoms with Gasteiger partial charge in [-0.3, -0.25) is 0 Å². The van der Waals surface area contributed by atoms with Gasteiger partial charge in [-0.25, -0.2) is 52.8 Å². The van der Waals surface area contributed by atoms with Gasteiger partial charge in [0.05, 0.1) is 47.0 Å². The Bertz CT molecular complexity index is 5460. The van der Waals surface area contributed by atoms with Crippen LogP contribution in [0.2, 0.25) is 215 Å². The summed E-state index contributed by atoms with van der Waals surface area (Å²) in [4.78, 5) is 55.8. The standard InChI is InChI=1S/C26H49NO7SSi4.C24H43NO6SSi3.C24H41NO6SSi3.C24H43NO6SSi3.4CH4/c1-23-16-18-24(19-17-23)35(29,30)25(26(28)31-3)15-13-20-27(2)21-14-22-39(12,33-37(7,8)9)34-38(10,11)32-36(4,5)6;1-21-14-16-22(17-15-21)32(27,28)23(24(26)29-3)13-11-18-25(2)19-12-20-35(10,30-33(4,5)6)31-34(7,8)9;1-11-29-24(26)23(32(27,28)22-16-13-12-14-17-22)18-15-19-25(3)20-21(2)35(10,30-33(4,5)6)31-34(7,8)9;1-10-29-24(26)23(32(27,28)22-16-12-11-13-17-22)18-14-19-25(2)20-15-21-35(9,30-33(3,4)5)31-34(6,7)8;;;;/h13,15-20H,14,21-22H2,1-12H3;11,13-18H,12,19-20H2,1-10H3;12-19H,2,11,20H2,1,3-10H3;11-14,16-19H,10,15,20-21H2,1-9H3;4*1H4/b20-13+,25-15+;18-11+,23-13+;19-15+,23-18+;19-14+,23-18+;;;;. The van der Waals surface area contributed by atoms with E-state index in [2.05, 4.69) is 203 Å². The van der Waals surface area contributed by atoms with Gasteiger partial charge >= 0.3 is 66.7 Å². The maximum absolute atomic E-state index is 13.1. The molecule has 0 aromatic heterocycles. The van der Waals surface area contributed by atoms with Crippen molar-refractivity contribution in [2.75, 3.05) is 81.8 Å². The number of nitrogens with zero attached hydrogens (tertiary/aromatic N) is 4. The minimum absolute atomic E-state index is 0. The zero-order chi connectivity index (χ0) is 111. The lowest BCUT2D eigenvalue weighted by atomic mass is 10.2. The highest BCUT2D eigenvalue weighted by Gasteiger charge is 2.47. The number of ether oxygens (including phenoxy) is 4. The number of rotatable bonds is 55. The average Bonchev–Trinajstić information content (AvgIpc) is 0.806. The Balaban J connectivity index is -0.000000927. The summed E-state index contributed by atoms with van der Waals surface area (Å²) in [5.41, 5.74) is 1.85. The Morgan fingerprint density at radius 1 is 0.304 bits per heavy atom. The van der Waals surface area contributed by atoms with Crippen molar-refractivity contribution in [3.05, 3.63) is 225 Å². The Labute approximate surface area is 911 Å². The van der Waals surface area contributed by atoms with Crippen LogP contribution in [0, 0.1) is 13.8 Å². The van der Waals surface area contributed by atoms with E-state index < -0.39 is 187 Å². The van der Waals surface area contributed by atoms with Crippen LogP contribution < -0.4 is 0 Å². The van der Waals surface area contributed by atoms with Gasteiger partial charge in [0.25, 0.3) is 0 Å². The highest BCUT2D eigenvalue weighted by molar-refractivity contribution is 7.97.